The molecule has 0 aromatic heterocycles. The summed E-state index contributed by atoms with van der Waals surface area (Å²) in [5.41, 5.74) is 0. The van der Waals surface area contributed by atoms with Crippen molar-refractivity contribution in [2.24, 2.45) is 0 Å². The number of aldehydes is 1. The molecule has 11 nitrogen and oxygen atoms in total. The molecule has 0 aliphatic carbocycles. The van der Waals surface area contributed by atoms with Gasteiger partial charge in [-0.05, 0) is 6.42 Å². The lowest BCUT2D eigenvalue weighted by Crippen LogP contribution is -2.48. The van der Waals surface area contributed by atoms with Crippen LogP contribution in [-0.2, 0) is 24.0 Å². The van der Waals surface area contributed by atoms with Gasteiger partial charge in [-0.1, -0.05) is 0 Å². The second-order valence-electron chi connectivity index (χ2n) is 6.98. The molecule has 2 N–H and O–H groups in total. The van der Waals surface area contributed by atoms with Crippen molar-refractivity contribution in [1.82, 2.24) is 19.6 Å². The Bertz CT molecular complexity index is 663. The molecule has 1 fully saturated rings. The molecule has 1 atom stereocenters. The largest absolute Gasteiger partial charge is 0.480 e. The number of hydrogen-bond donors (Lipinski definition) is 2. The summed E-state index contributed by atoms with van der Waals surface area (Å²) in [6, 6.07) is -0.945. The summed E-state index contributed by atoms with van der Waals surface area (Å²) in [5.74, 6) is -2.99. The van der Waals surface area contributed by atoms with Crippen molar-refractivity contribution in [3.63, 3.8) is 0 Å². The average Bonchev–Trinajstić information content (AvgIpc) is 3.01. The molecule has 2 aliphatic rings. The van der Waals surface area contributed by atoms with E-state index in [1.807, 2.05) is 4.90 Å². The summed E-state index contributed by atoms with van der Waals surface area (Å²) in [7, 11) is 0. The third-order valence-electron chi connectivity index (χ3n) is 5.08. The fourth-order valence-electron chi connectivity index (χ4n) is 3.47. The number of carboxylic acid groups (broad SMARTS) is 2. The van der Waals surface area contributed by atoms with Crippen LogP contribution in [-0.4, -0.2) is 125 Å². The van der Waals surface area contributed by atoms with E-state index in [-0.39, 0.29) is 26.1 Å². The zero-order valence-corrected chi connectivity index (χ0v) is 16.1. The van der Waals surface area contributed by atoms with Gasteiger partial charge in [-0.25, -0.2) is 0 Å². The van der Waals surface area contributed by atoms with Gasteiger partial charge < -0.3 is 15.0 Å². The molecule has 2 amide bonds. The fraction of sp³-hybridized carbons (Fsp3) is 0.611. The first-order valence-electron chi connectivity index (χ1n) is 9.42. The summed E-state index contributed by atoms with van der Waals surface area (Å²) >= 11 is 0. The van der Waals surface area contributed by atoms with Gasteiger partial charge in [-0.3, -0.25) is 38.8 Å². The van der Waals surface area contributed by atoms with E-state index in [1.54, 1.807) is 9.80 Å². The zero-order valence-electron chi connectivity index (χ0n) is 16.1. The smallest absolute Gasteiger partial charge is 0.320 e. The molecular formula is C18H26N4O7. The van der Waals surface area contributed by atoms with Gasteiger partial charge in [0, 0.05) is 58.0 Å². The minimum Gasteiger partial charge on any atom is -0.480 e. The van der Waals surface area contributed by atoms with Gasteiger partial charge in [0.05, 0.1) is 13.1 Å². The monoisotopic (exact) mass is 410 g/mol. The Morgan fingerprint density at radius 2 is 1.52 bits per heavy atom. The number of amides is 2. The number of nitrogens with zero attached hydrogens (tertiary/aromatic N) is 4. The van der Waals surface area contributed by atoms with Crippen LogP contribution in [0, 0.1) is 0 Å². The van der Waals surface area contributed by atoms with Gasteiger partial charge in [0.1, 0.15) is 12.3 Å². The first-order valence-corrected chi connectivity index (χ1v) is 9.42. The highest BCUT2D eigenvalue weighted by atomic mass is 16.4. The van der Waals surface area contributed by atoms with E-state index in [2.05, 4.69) is 0 Å². The molecule has 0 bridgehead atoms. The molecule has 0 spiro atoms. The van der Waals surface area contributed by atoms with Crippen LogP contribution in [0.1, 0.15) is 6.42 Å². The van der Waals surface area contributed by atoms with Crippen LogP contribution in [0.5, 0.6) is 0 Å². The Hall–Kier alpha value is -2.63. The number of carbonyl (C=O) groups excluding carboxylic acids is 3. The van der Waals surface area contributed by atoms with Crippen LogP contribution in [0.4, 0.5) is 0 Å². The molecule has 2 rings (SSSR count). The van der Waals surface area contributed by atoms with E-state index >= 15 is 0 Å². The lowest BCUT2D eigenvalue weighted by Gasteiger charge is -2.31. The summed E-state index contributed by atoms with van der Waals surface area (Å²) < 4.78 is 0. The maximum absolute atomic E-state index is 11.9. The van der Waals surface area contributed by atoms with Crippen LogP contribution >= 0.6 is 0 Å². The van der Waals surface area contributed by atoms with E-state index in [0.717, 1.165) is 23.3 Å². The van der Waals surface area contributed by atoms with Crippen molar-refractivity contribution in [1.29, 1.82) is 0 Å². The maximum atomic E-state index is 11.9. The molecule has 0 aromatic rings. The van der Waals surface area contributed by atoms with Crippen LogP contribution in [0.3, 0.4) is 0 Å². The van der Waals surface area contributed by atoms with Gasteiger partial charge in [-0.2, -0.15) is 0 Å². The second-order valence-corrected chi connectivity index (χ2v) is 6.98. The van der Waals surface area contributed by atoms with Crippen molar-refractivity contribution in [3.05, 3.63) is 12.2 Å². The molecule has 29 heavy (non-hydrogen) atoms. The van der Waals surface area contributed by atoms with Crippen molar-refractivity contribution in [2.45, 2.75) is 12.5 Å². The SMILES string of the molecule is O=CCN1CCN(CC(=O)O)CCN([C@@H](CCN2C(=O)C=CC2=O)C(=O)O)CC1. The number of rotatable bonds is 9. The summed E-state index contributed by atoms with van der Waals surface area (Å²) in [6.07, 6.45) is 3.12. The maximum Gasteiger partial charge on any atom is 0.320 e. The molecule has 0 unspecified atom stereocenters. The highest BCUT2D eigenvalue weighted by Crippen LogP contribution is 2.12. The highest BCUT2D eigenvalue weighted by Gasteiger charge is 2.31. The molecule has 160 valence electrons. The number of carbonyl (C=O) groups is 5. The summed E-state index contributed by atoms with van der Waals surface area (Å²) in [4.78, 5) is 63.6. The van der Waals surface area contributed by atoms with E-state index in [4.69, 9.17) is 5.11 Å². The molecule has 2 heterocycles. The Kier molecular flexibility index (Phi) is 8.43. The van der Waals surface area contributed by atoms with E-state index < -0.39 is 29.8 Å². The van der Waals surface area contributed by atoms with Crippen LogP contribution in [0.2, 0.25) is 0 Å². The van der Waals surface area contributed by atoms with Gasteiger partial charge in [-0.15, -0.1) is 0 Å². The molecule has 11 heteroatoms. The molecule has 0 radical (unpaired) electrons. The van der Waals surface area contributed by atoms with E-state index in [9.17, 15) is 29.1 Å². The third-order valence-corrected chi connectivity index (χ3v) is 5.08. The normalized spacial score (nSPS) is 20.9. The molecule has 0 saturated carbocycles. The average molecular weight is 410 g/mol. The van der Waals surface area contributed by atoms with Crippen molar-refractivity contribution in [2.75, 3.05) is 58.9 Å². The number of imide groups is 1. The van der Waals surface area contributed by atoms with Gasteiger partial charge >= 0.3 is 11.9 Å². The molecule has 2 aliphatic heterocycles. The number of carboxylic acids is 2. The Morgan fingerprint density at radius 3 is 2.07 bits per heavy atom. The second kappa shape index (κ2) is 10.8. The Morgan fingerprint density at radius 1 is 0.966 bits per heavy atom. The third kappa shape index (κ3) is 6.73. The number of hydrogen-bond acceptors (Lipinski definition) is 8. The Balaban J connectivity index is 2.08. The van der Waals surface area contributed by atoms with Gasteiger partial charge in [0.15, 0.2) is 0 Å². The lowest BCUT2D eigenvalue weighted by atomic mass is 10.1. The van der Waals surface area contributed by atoms with Crippen LogP contribution < -0.4 is 0 Å². The van der Waals surface area contributed by atoms with Crippen LogP contribution in [0.15, 0.2) is 12.2 Å². The summed E-state index contributed by atoms with van der Waals surface area (Å²) in [6.45, 7) is 2.42. The Labute approximate surface area is 168 Å². The quantitative estimate of drug-likeness (QED) is 0.323. The predicted molar refractivity (Wildman–Crippen MR) is 100 cm³/mol. The lowest BCUT2D eigenvalue weighted by molar-refractivity contribution is -0.146. The standard InChI is InChI=1S/C18H26N4O7/c23-12-11-19-5-6-20(13-17(26)27)8-10-21(9-7-19)14(18(28)29)3-4-22-15(24)1-2-16(22)25/h1-2,12,14H,3-11,13H2,(H,26,27)(H,28,29)/t14-/m0/s1. The van der Waals surface area contributed by atoms with E-state index in [0.29, 0.717) is 39.3 Å². The van der Waals surface area contributed by atoms with E-state index in [1.165, 1.54) is 0 Å². The first kappa shape index (κ1) is 22.7. The fourth-order valence-corrected chi connectivity index (χ4v) is 3.47. The first-order chi connectivity index (χ1) is 13.8. The number of aliphatic carboxylic acids is 2. The minimum atomic E-state index is -1.08. The minimum absolute atomic E-state index is 0.0188. The highest BCUT2D eigenvalue weighted by molar-refractivity contribution is 6.12. The summed E-state index contributed by atoms with van der Waals surface area (Å²) in [5, 5.41) is 18.8. The van der Waals surface area contributed by atoms with Crippen molar-refractivity contribution >= 4 is 30.0 Å². The van der Waals surface area contributed by atoms with Crippen molar-refractivity contribution < 1.29 is 34.2 Å². The molecule has 0 aromatic carbocycles. The molecule has 1 saturated heterocycles. The van der Waals surface area contributed by atoms with Gasteiger partial charge in [0.25, 0.3) is 11.8 Å². The van der Waals surface area contributed by atoms with Crippen molar-refractivity contribution in [3.8, 4) is 0 Å². The van der Waals surface area contributed by atoms with Gasteiger partial charge in [0.2, 0.25) is 0 Å². The van der Waals surface area contributed by atoms with Crippen LogP contribution in [0.25, 0.3) is 0 Å². The molecular weight excluding hydrogens is 384 g/mol. The predicted octanol–water partition coefficient (Wildman–Crippen LogP) is -2.04. The zero-order chi connectivity index (χ0) is 21.4. The topological polar surface area (TPSA) is 139 Å².